The molecular weight excluding hydrogens is 294 g/mol. The summed E-state index contributed by atoms with van der Waals surface area (Å²) in [5, 5.41) is 23.1. The van der Waals surface area contributed by atoms with Crippen LogP contribution in [-0.4, -0.2) is 4.92 Å². The molecule has 0 spiro atoms. The SMILES string of the molecule is N#Cc1ccc(Cl)c(Nc2cc(NN)cc([N+](=O)[O-])c2)c1. The summed E-state index contributed by atoms with van der Waals surface area (Å²) < 4.78 is 0. The number of anilines is 3. The van der Waals surface area contributed by atoms with Gasteiger partial charge in [-0.3, -0.25) is 16.0 Å². The third-order valence-corrected chi connectivity index (χ3v) is 3.00. The van der Waals surface area contributed by atoms with E-state index in [-0.39, 0.29) is 5.69 Å². The number of hydrogen-bond donors (Lipinski definition) is 3. The molecule has 7 nitrogen and oxygen atoms in total. The molecule has 2 rings (SSSR count). The molecule has 0 aromatic heterocycles. The minimum Gasteiger partial charge on any atom is -0.354 e. The van der Waals surface area contributed by atoms with Gasteiger partial charge in [0.1, 0.15) is 0 Å². The Morgan fingerprint density at radius 3 is 2.57 bits per heavy atom. The lowest BCUT2D eigenvalue weighted by Crippen LogP contribution is -2.07. The van der Waals surface area contributed by atoms with Crippen LogP contribution in [0.4, 0.5) is 22.7 Å². The molecule has 106 valence electrons. The topological polar surface area (TPSA) is 117 Å². The highest BCUT2D eigenvalue weighted by Crippen LogP contribution is 2.30. The highest BCUT2D eigenvalue weighted by molar-refractivity contribution is 6.33. The van der Waals surface area contributed by atoms with E-state index in [0.717, 1.165) is 0 Å². The van der Waals surface area contributed by atoms with Gasteiger partial charge < -0.3 is 10.7 Å². The Labute approximate surface area is 125 Å². The zero-order valence-corrected chi connectivity index (χ0v) is 11.4. The van der Waals surface area contributed by atoms with Crippen LogP contribution in [0.2, 0.25) is 5.02 Å². The quantitative estimate of drug-likeness (QED) is 0.454. The van der Waals surface area contributed by atoms with E-state index in [1.54, 1.807) is 24.3 Å². The van der Waals surface area contributed by atoms with Crippen molar-refractivity contribution in [1.82, 2.24) is 0 Å². The van der Waals surface area contributed by atoms with Gasteiger partial charge in [-0.25, -0.2) is 0 Å². The summed E-state index contributed by atoms with van der Waals surface area (Å²) in [7, 11) is 0. The Hall–Kier alpha value is -2.82. The van der Waals surface area contributed by atoms with Crippen LogP contribution in [-0.2, 0) is 0 Å². The zero-order valence-electron chi connectivity index (χ0n) is 10.6. The second-order valence-corrected chi connectivity index (χ2v) is 4.51. The summed E-state index contributed by atoms with van der Waals surface area (Å²) in [5.74, 6) is 5.29. The van der Waals surface area contributed by atoms with E-state index in [0.29, 0.717) is 27.6 Å². The summed E-state index contributed by atoms with van der Waals surface area (Å²) in [6.07, 6.45) is 0. The number of non-ortho nitro benzene ring substituents is 1. The summed E-state index contributed by atoms with van der Waals surface area (Å²) in [4.78, 5) is 10.4. The number of nitrogen functional groups attached to an aromatic ring is 1. The van der Waals surface area contributed by atoms with Crippen molar-refractivity contribution in [3.63, 3.8) is 0 Å². The Kier molecular flexibility index (Phi) is 4.23. The molecule has 0 aliphatic rings. The van der Waals surface area contributed by atoms with E-state index in [4.69, 9.17) is 22.7 Å². The molecule has 0 bridgehead atoms. The fourth-order valence-electron chi connectivity index (χ4n) is 1.72. The molecule has 0 radical (unpaired) electrons. The molecule has 0 aliphatic heterocycles. The Morgan fingerprint density at radius 2 is 1.95 bits per heavy atom. The highest BCUT2D eigenvalue weighted by Gasteiger charge is 2.11. The maximum absolute atomic E-state index is 10.9. The summed E-state index contributed by atoms with van der Waals surface area (Å²) in [6, 6.07) is 10.9. The van der Waals surface area contributed by atoms with Crippen molar-refractivity contribution >= 4 is 34.4 Å². The number of nitro groups is 1. The average molecular weight is 304 g/mol. The maximum atomic E-state index is 10.9. The molecule has 2 aromatic carbocycles. The lowest BCUT2D eigenvalue weighted by atomic mass is 10.2. The van der Waals surface area contributed by atoms with E-state index in [1.807, 2.05) is 6.07 Å². The van der Waals surface area contributed by atoms with Gasteiger partial charge >= 0.3 is 0 Å². The Morgan fingerprint density at radius 1 is 1.24 bits per heavy atom. The predicted octanol–water partition coefficient (Wildman–Crippen LogP) is 3.15. The van der Waals surface area contributed by atoms with Gasteiger partial charge in [-0.05, 0) is 24.3 Å². The van der Waals surface area contributed by atoms with Crippen molar-refractivity contribution in [2.45, 2.75) is 0 Å². The molecule has 0 atom stereocenters. The molecule has 0 fully saturated rings. The normalized spacial score (nSPS) is 9.76. The third-order valence-electron chi connectivity index (χ3n) is 2.67. The van der Waals surface area contributed by atoms with Crippen molar-refractivity contribution in [1.29, 1.82) is 5.26 Å². The third kappa shape index (κ3) is 3.39. The van der Waals surface area contributed by atoms with E-state index in [1.165, 1.54) is 12.1 Å². The molecule has 0 saturated carbocycles. The Bertz CT molecular complexity index is 742. The maximum Gasteiger partial charge on any atom is 0.273 e. The number of nitro benzene ring substituents is 1. The largest absolute Gasteiger partial charge is 0.354 e. The lowest BCUT2D eigenvalue weighted by molar-refractivity contribution is -0.384. The summed E-state index contributed by atoms with van der Waals surface area (Å²) >= 11 is 6.03. The number of hydrogen-bond acceptors (Lipinski definition) is 6. The smallest absolute Gasteiger partial charge is 0.273 e. The number of hydrazine groups is 1. The first-order valence-electron chi connectivity index (χ1n) is 5.76. The van der Waals surface area contributed by atoms with Crippen LogP contribution in [0.3, 0.4) is 0 Å². The molecule has 0 aliphatic carbocycles. The molecule has 4 N–H and O–H groups in total. The van der Waals surface area contributed by atoms with Gasteiger partial charge in [0.15, 0.2) is 0 Å². The fourth-order valence-corrected chi connectivity index (χ4v) is 1.88. The monoisotopic (exact) mass is 303 g/mol. The van der Waals surface area contributed by atoms with Gasteiger partial charge in [0, 0.05) is 17.8 Å². The standard InChI is InChI=1S/C13H10ClN5O2/c14-12-2-1-8(7-15)3-13(12)17-9-4-10(18-16)6-11(5-9)19(20)21/h1-6,17-18H,16H2. The van der Waals surface area contributed by atoms with Crippen molar-refractivity contribution in [3.8, 4) is 6.07 Å². The van der Waals surface area contributed by atoms with Gasteiger partial charge in [-0.15, -0.1) is 0 Å². The van der Waals surface area contributed by atoms with Gasteiger partial charge in [0.05, 0.1) is 33.0 Å². The first kappa shape index (κ1) is 14.6. The predicted molar refractivity (Wildman–Crippen MR) is 80.4 cm³/mol. The van der Waals surface area contributed by atoms with Crippen molar-refractivity contribution < 1.29 is 4.92 Å². The lowest BCUT2D eigenvalue weighted by Gasteiger charge is -2.10. The number of nitrogens with zero attached hydrogens (tertiary/aromatic N) is 2. The number of rotatable bonds is 4. The van der Waals surface area contributed by atoms with Crippen LogP contribution < -0.4 is 16.6 Å². The second-order valence-electron chi connectivity index (χ2n) is 4.10. The number of nitrogens with one attached hydrogen (secondary N) is 2. The second kappa shape index (κ2) is 6.09. The van der Waals surface area contributed by atoms with E-state index >= 15 is 0 Å². The fraction of sp³-hybridized carbons (Fsp3) is 0. The van der Waals surface area contributed by atoms with Gasteiger partial charge in [0.2, 0.25) is 0 Å². The molecule has 0 unspecified atom stereocenters. The van der Waals surface area contributed by atoms with Crippen LogP contribution in [0.1, 0.15) is 5.56 Å². The van der Waals surface area contributed by atoms with E-state index < -0.39 is 4.92 Å². The molecule has 2 aromatic rings. The van der Waals surface area contributed by atoms with Crippen molar-refractivity contribution in [2.24, 2.45) is 5.84 Å². The molecule has 8 heteroatoms. The van der Waals surface area contributed by atoms with Crippen LogP contribution >= 0.6 is 11.6 Å². The van der Waals surface area contributed by atoms with Crippen LogP contribution in [0.5, 0.6) is 0 Å². The number of benzene rings is 2. The van der Waals surface area contributed by atoms with Crippen LogP contribution in [0.15, 0.2) is 36.4 Å². The van der Waals surface area contributed by atoms with Crippen LogP contribution in [0.25, 0.3) is 0 Å². The van der Waals surface area contributed by atoms with Gasteiger partial charge in [-0.2, -0.15) is 5.26 Å². The van der Waals surface area contributed by atoms with Gasteiger partial charge in [-0.1, -0.05) is 11.6 Å². The summed E-state index contributed by atoms with van der Waals surface area (Å²) in [6.45, 7) is 0. The van der Waals surface area contributed by atoms with Crippen molar-refractivity contribution in [3.05, 3.63) is 57.1 Å². The minimum atomic E-state index is -0.528. The average Bonchev–Trinajstić information content (AvgIpc) is 2.49. The van der Waals surface area contributed by atoms with Crippen molar-refractivity contribution in [2.75, 3.05) is 10.7 Å². The number of halogens is 1. The molecular formula is C13H10ClN5O2. The molecule has 21 heavy (non-hydrogen) atoms. The first-order chi connectivity index (χ1) is 10.0. The molecule has 0 saturated heterocycles. The van der Waals surface area contributed by atoms with E-state index in [9.17, 15) is 10.1 Å². The number of nitriles is 1. The van der Waals surface area contributed by atoms with Crippen LogP contribution in [0, 0.1) is 21.4 Å². The molecule has 0 heterocycles. The minimum absolute atomic E-state index is 0.125. The zero-order chi connectivity index (χ0) is 15.4. The highest BCUT2D eigenvalue weighted by atomic mass is 35.5. The molecule has 0 amide bonds. The summed E-state index contributed by atoms with van der Waals surface area (Å²) in [5.41, 5.74) is 3.92. The van der Waals surface area contributed by atoms with Gasteiger partial charge in [0.25, 0.3) is 5.69 Å². The first-order valence-corrected chi connectivity index (χ1v) is 6.14. The van der Waals surface area contributed by atoms with E-state index in [2.05, 4.69) is 10.7 Å². The Balaban J connectivity index is 2.41. The number of nitrogens with two attached hydrogens (primary N) is 1.